The van der Waals surface area contributed by atoms with E-state index in [0.29, 0.717) is 5.69 Å². The molecule has 94 valence electrons. The summed E-state index contributed by atoms with van der Waals surface area (Å²) in [5.74, 6) is -0.0444. The molecule has 0 amide bonds. The van der Waals surface area contributed by atoms with Crippen LogP contribution >= 0.6 is 0 Å². The number of sulfone groups is 1. The lowest BCUT2D eigenvalue weighted by Crippen LogP contribution is -2.06. The monoisotopic (exact) mass is 262 g/mol. The molecule has 0 saturated heterocycles. The molecule has 0 radical (unpaired) electrons. The van der Waals surface area contributed by atoms with Gasteiger partial charge in [-0.15, -0.1) is 0 Å². The highest BCUT2D eigenvalue weighted by Crippen LogP contribution is 2.22. The van der Waals surface area contributed by atoms with Crippen molar-refractivity contribution in [2.75, 3.05) is 11.5 Å². The van der Waals surface area contributed by atoms with Crippen molar-refractivity contribution in [2.24, 2.45) is 0 Å². The molecular formula is C13H14N2O2S. The highest BCUT2D eigenvalue weighted by molar-refractivity contribution is 7.90. The number of anilines is 2. The Morgan fingerprint density at radius 1 is 0.889 bits per heavy atom. The van der Waals surface area contributed by atoms with Gasteiger partial charge in [0.15, 0.2) is 9.84 Å². The van der Waals surface area contributed by atoms with Crippen LogP contribution in [-0.4, -0.2) is 8.42 Å². The Hall–Kier alpha value is -2.01. The number of hydrogen-bond donors (Lipinski definition) is 2. The van der Waals surface area contributed by atoms with Gasteiger partial charge in [-0.25, -0.2) is 8.42 Å². The minimum Gasteiger partial charge on any atom is -0.397 e. The number of nitrogen functional groups attached to an aromatic ring is 2. The zero-order valence-corrected chi connectivity index (χ0v) is 10.5. The van der Waals surface area contributed by atoms with Crippen LogP contribution < -0.4 is 11.5 Å². The first-order valence-corrected chi connectivity index (χ1v) is 7.06. The first-order valence-electron chi connectivity index (χ1n) is 5.41. The summed E-state index contributed by atoms with van der Waals surface area (Å²) in [4.78, 5) is 0.193. The van der Waals surface area contributed by atoms with Gasteiger partial charge in [-0.1, -0.05) is 30.3 Å². The lowest BCUT2D eigenvalue weighted by Gasteiger charge is -2.07. The van der Waals surface area contributed by atoms with E-state index in [1.165, 1.54) is 18.2 Å². The smallest absolute Gasteiger partial charge is 0.182 e. The highest BCUT2D eigenvalue weighted by Gasteiger charge is 2.15. The van der Waals surface area contributed by atoms with Crippen LogP contribution in [0.1, 0.15) is 5.56 Å². The molecule has 4 N–H and O–H groups in total. The first kappa shape index (κ1) is 12.4. The molecule has 0 aliphatic carbocycles. The van der Waals surface area contributed by atoms with Crippen LogP contribution in [0.25, 0.3) is 0 Å². The summed E-state index contributed by atoms with van der Waals surface area (Å²) >= 11 is 0. The molecule has 4 nitrogen and oxygen atoms in total. The molecule has 0 saturated carbocycles. The fourth-order valence-electron chi connectivity index (χ4n) is 1.62. The Labute approximate surface area is 106 Å². The van der Waals surface area contributed by atoms with Crippen molar-refractivity contribution < 1.29 is 8.42 Å². The third-order valence-corrected chi connectivity index (χ3v) is 4.30. The van der Waals surface area contributed by atoms with Gasteiger partial charge in [0, 0.05) is 0 Å². The predicted molar refractivity (Wildman–Crippen MR) is 72.6 cm³/mol. The molecule has 0 unspecified atom stereocenters. The number of rotatable bonds is 3. The molecule has 0 fully saturated rings. The molecular weight excluding hydrogens is 248 g/mol. The summed E-state index contributed by atoms with van der Waals surface area (Å²) < 4.78 is 24.3. The lowest BCUT2D eigenvalue weighted by molar-refractivity contribution is 0.595. The normalized spacial score (nSPS) is 11.3. The van der Waals surface area contributed by atoms with E-state index in [0.717, 1.165) is 5.56 Å². The van der Waals surface area contributed by atoms with Crippen LogP contribution in [-0.2, 0) is 15.6 Å². The van der Waals surface area contributed by atoms with Gasteiger partial charge < -0.3 is 11.5 Å². The van der Waals surface area contributed by atoms with Gasteiger partial charge in [0.1, 0.15) is 0 Å². The highest BCUT2D eigenvalue weighted by atomic mass is 32.2. The molecule has 0 heterocycles. The van der Waals surface area contributed by atoms with Crippen molar-refractivity contribution in [3.05, 3.63) is 54.1 Å². The largest absolute Gasteiger partial charge is 0.397 e. The van der Waals surface area contributed by atoms with E-state index < -0.39 is 9.84 Å². The van der Waals surface area contributed by atoms with E-state index in [1.807, 2.05) is 18.2 Å². The van der Waals surface area contributed by atoms with Gasteiger partial charge in [0.05, 0.1) is 22.0 Å². The van der Waals surface area contributed by atoms with Gasteiger partial charge in [0.25, 0.3) is 0 Å². The van der Waals surface area contributed by atoms with Crippen molar-refractivity contribution in [1.82, 2.24) is 0 Å². The van der Waals surface area contributed by atoms with E-state index in [1.54, 1.807) is 12.1 Å². The third kappa shape index (κ3) is 2.62. The number of benzene rings is 2. The quantitative estimate of drug-likeness (QED) is 0.826. The summed E-state index contributed by atoms with van der Waals surface area (Å²) in [5.41, 5.74) is 12.6. The van der Waals surface area contributed by atoms with Crippen molar-refractivity contribution in [1.29, 1.82) is 0 Å². The molecule has 0 aliphatic heterocycles. The van der Waals surface area contributed by atoms with Gasteiger partial charge in [-0.05, 0) is 23.8 Å². The van der Waals surface area contributed by atoms with Gasteiger partial charge in [-0.2, -0.15) is 0 Å². The van der Waals surface area contributed by atoms with E-state index in [4.69, 9.17) is 11.5 Å². The van der Waals surface area contributed by atoms with Crippen LogP contribution in [0.15, 0.2) is 53.4 Å². The SMILES string of the molecule is Nc1ccc(S(=O)(=O)Cc2ccccc2)cc1N. The van der Waals surface area contributed by atoms with Gasteiger partial charge >= 0.3 is 0 Å². The maximum atomic E-state index is 12.2. The molecule has 2 rings (SSSR count). The summed E-state index contributed by atoms with van der Waals surface area (Å²) in [6.07, 6.45) is 0. The molecule has 18 heavy (non-hydrogen) atoms. The van der Waals surface area contributed by atoms with Crippen LogP contribution in [0.5, 0.6) is 0 Å². The molecule has 0 aliphatic rings. The predicted octanol–water partition coefficient (Wildman–Crippen LogP) is 1.82. The van der Waals surface area contributed by atoms with Crippen LogP contribution in [0.2, 0.25) is 0 Å². The number of hydrogen-bond acceptors (Lipinski definition) is 4. The minimum absolute atomic E-state index is 0.0444. The Morgan fingerprint density at radius 2 is 1.56 bits per heavy atom. The zero-order chi connectivity index (χ0) is 13.2. The van der Waals surface area contributed by atoms with Crippen LogP contribution in [0.3, 0.4) is 0 Å². The molecule has 5 heteroatoms. The molecule has 0 bridgehead atoms. The third-order valence-electron chi connectivity index (χ3n) is 2.62. The summed E-state index contributed by atoms with van der Waals surface area (Å²) in [7, 11) is -3.39. The van der Waals surface area contributed by atoms with Crippen LogP contribution in [0.4, 0.5) is 11.4 Å². The standard InChI is InChI=1S/C13H14N2O2S/c14-12-7-6-11(8-13(12)15)18(16,17)9-10-4-2-1-3-5-10/h1-8H,9,14-15H2. The molecule has 0 atom stereocenters. The van der Waals surface area contributed by atoms with Crippen molar-refractivity contribution in [3.8, 4) is 0 Å². The van der Waals surface area contributed by atoms with E-state index in [2.05, 4.69) is 0 Å². The van der Waals surface area contributed by atoms with E-state index in [9.17, 15) is 8.42 Å². The Morgan fingerprint density at radius 3 is 2.17 bits per heavy atom. The maximum Gasteiger partial charge on any atom is 0.182 e. The first-order chi connectivity index (χ1) is 8.49. The van der Waals surface area contributed by atoms with Crippen molar-refractivity contribution in [3.63, 3.8) is 0 Å². The second-order valence-electron chi connectivity index (χ2n) is 4.04. The lowest BCUT2D eigenvalue weighted by atomic mass is 10.2. The fourth-order valence-corrected chi connectivity index (χ4v) is 3.00. The maximum absolute atomic E-state index is 12.2. The van der Waals surface area contributed by atoms with E-state index in [-0.39, 0.29) is 16.3 Å². The van der Waals surface area contributed by atoms with Gasteiger partial charge in [-0.3, -0.25) is 0 Å². The minimum atomic E-state index is -3.39. The average molecular weight is 262 g/mol. The topological polar surface area (TPSA) is 86.2 Å². The van der Waals surface area contributed by atoms with Gasteiger partial charge in [0.2, 0.25) is 0 Å². The van der Waals surface area contributed by atoms with Crippen molar-refractivity contribution >= 4 is 21.2 Å². The second kappa shape index (κ2) is 4.70. The summed E-state index contributed by atoms with van der Waals surface area (Å²) in [6.45, 7) is 0. The van der Waals surface area contributed by atoms with Crippen LogP contribution in [0, 0.1) is 0 Å². The average Bonchev–Trinajstić information content (AvgIpc) is 2.33. The molecule has 0 spiro atoms. The Kier molecular flexibility index (Phi) is 3.25. The Bertz CT molecular complexity index is 652. The zero-order valence-electron chi connectivity index (χ0n) is 9.71. The van der Waals surface area contributed by atoms with E-state index >= 15 is 0 Å². The van der Waals surface area contributed by atoms with Crippen molar-refractivity contribution in [2.45, 2.75) is 10.6 Å². The summed E-state index contributed by atoms with van der Waals surface area (Å²) in [5, 5.41) is 0. The second-order valence-corrected chi connectivity index (χ2v) is 6.02. The fraction of sp³-hybridized carbons (Fsp3) is 0.0769. The Balaban J connectivity index is 2.34. The number of nitrogens with two attached hydrogens (primary N) is 2. The summed E-state index contributed by atoms with van der Waals surface area (Å²) in [6, 6.07) is 13.4. The molecule has 0 aromatic heterocycles. The molecule has 2 aromatic rings. The molecule has 2 aromatic carbocycles.